The van der Waals surface area contributed by atoms with E-state index < -0.39 is 41.1 Å². The summed E-state index contributed by atoms with van der Waals surface area (Å²) in [6, 6.07) is -3.00. The summed E-state index contributed by atoms with van der Waals surface area (Å²) in [4.78, 5) is 67.4. The number of hydrogen-bond donors (Lipinski definition) is 4. The van der Waals surface area contributed by atoms with Gasteiger partial charge in [-0.3, -0.25) is 19.2 Å². The maximum absolute atomic E-state index is 14.2. The number of thioether (sulfide) groups is 1. The molecule has 42 heavy (non-hydrogen) atoms. The number of fused-ring (bicyclic) bond motifs is 1. The van der Waals surface area contributed by atoms with Crippen LogP contribution < -0.4 is 21.7 Å². The molecule has 11 heteroatoms. The Hall–Kier alpha value is -2.30. The van der Waals surface area contributed by atoms with Crippen molar-refractivity contribution in [3.05, 3.63) is 0 Å². The van der Waals surface area contributed by atoms with Crippen LogP contribution in [0.25, 0.3) is 0 Å². The monoisotopic (exact) mass is 605 g/mol. The van der Waals surface area contributed by atoms with Crippen LogP contribution in [-0.2, 0) is 19.2 Å². The molecule has 5 amide bonds. The predicted molar refractivity (Wildman–Crippen MR) is 163 cm³/mol. The number of nitrogens with two attached hydrogens (primary N) is 1. The summed E-state index contributed by atoms with van der Waals surface area (Å²) in [6.45, 7) is 12.4. The smallest absolute Gasteiger partial charge is 0.315 e. The number of nitrogens with zero attached hydrogens (tertiary/aromatic N) is 1. The minimum Gasteiger partial charge on any atom is -0.363 e. The van der Waals surface area contributed by atoms with Crippen molar-refractivity contribution in [3.8, 4) is 0 Å². The summed E-state index contributed by atoms with van der Waals surface area (Å²) in [5.74, 6) is -0.460. The highest BCUT2D eigenvalue weighted by atomic mass is 32.2. The van der Waals surface area contributed by atoms with Crippen molar-refractivity contribution in [2.45, 2.75) is 117 Å². The Morgan fingerprint density at radius 1 is 1.02 bits per heavy atom. The average molecular weight is 606 g/mol. The fourth-order valence-corrected chi connectivity index (χ4v) is 8.17. The highest BCUT2D eigenvalue weighted by Crippen LogP contribution is 2.65. The van der Waals surface area contributed by atoms with Gasteiger partial charge in [-0.05, 0) is 53.6 Å². The molecule has 4 fully saturated rings. The third-order valence-corrected chi connectivity index (χ3v) is 11.2. The Kier molecular flexibility index (Phi) is 9.60. The van der Waals surface area contributed by atoms with Crippen LogP contribution in [0.4, 0.5) is 4.79 Å². The van der Waals surface area contributed by atoms with Crippen molar-refractivity contribution in [2.75, 3.05) is 18.1 Å². The normalized spacial score (nSPS) is 27.3. The third kappa shape index (κ3) is 7.08. The lowest BCUT2D eigenvalue weighted by Crippen LogP contribution is -2.63. The van der Waals surface area contributed by atoms with Crippen LogP contribution >= 0.6 is 11.8 Å². The number of likely N-dealkylation sites (tertiary alicyclic amines) is 1. The van der Waals surface area contributed by atoms with Crippen molar-refractivity contribution >= 4 is 41.3 Å². The van der Waals surface area contributed by atoms with Crippen LogP contribution in [0.1, 0.15) is 92.9 Å². The van der Waals surface area contributed by atoms with Crippen LogP contribution in [0.3, 0.4) is 0 Å². The van der Waals surface area contributed by atoms with Crippen molar-refractivity contribution in [3.63, 3.8) is 0 Å². The van der Waals surface area contributed by atoms with Gasteiger partial charge in [0.1, 0.15) is 12.1 Å². The highest BCUT2D eigenvalue weighted by Gasteiger charge is 2.70. The summed E-state index contributed by atoms with van der Waals surface area (Å²) >= 11 is 1.82. The molecule has 5 atom stereocenters. The summed E-state index contributed by atoms with van der Waals surface area (Å²) in [5, 5.41) is 9.06. The Balaban J connectivity index is 1.52. The second kappa shape index (κ2) is 12.4. The summed E-state index contributed by atoms with van der Waals surface area (Å²) in [7, 11) is 0. The zero-order chi connectivity index (χ0) is 31.0. The zero-order valence-corrected chi connectivity index (χ0v) is 27.0. The lowest BCUT2D eigenvalue weighted by Gasteiger charge is -2.40. The first-order chi connectivity index (χ1) is 19.6. The maximum Gasteiger partial charge on any atom is 0.315 e. The van der Waals surface area contributed by atoms with Crippen LogP contribution in [0, 0.1) is 28.6 Å². The minimum atomic E-state index is -1.07. The number of urea groups is 1. The van der Waals surface area contributed by atoms with E-state index in [1.54, 1.807) is 4.90 Å². The van der Waals surface area contributed by atoms with E-state index in [0.717, 1.165) is 56.5 Å². The van der Waals surface area contributed by atoms with Gasteiger partial charge in [-0.25, -0.2) is 4.79 Å². The number of piperidine rings is 1. The Bertz CT molecular complexity index is 1080. The number of amides is 5. The number of ketones is 1. The molecule has 0 aromatic carbocycles. The topological polar surface area (TPSA) is 151 Å². The number of carbonyl (C=O) groups excluding carboxylic acids is 5. The number of rotatable bonds is 12. The molecule has 4 rings (SSSR count). The van der Waals surface area contributed by atoms with E-state index in [1.807, 2.05) is 32.5 Å². The molecule has 0 spiro atoms. The Morgan fingerprint density at radius 3 is 2.21 bits per heavy atom. The molecule has 0 radical (unpaired) electrons. The molecule has 2 unspecified atom stereocenters. The van der Waals surface area contributed by atoms with E-state index in [-0.39, 0.29) is 40.6 Å². The first-order valence-electron chi connectivity index (χ1n) is 15.7. The summed E-state index contributed by atoms with van der Waals surface area (Å²) < 4.78 is 0. The number of nitrogens with one attached hydrogen (secondary N) is 3. The van der Waals surface area contributed by atoms with E-state index in [0.29, 0.717) is 13.0 Å². The molecule has 3 saturated carbocycles. The number of carbonyl (C=O) groups is 5. The number of hydrogen-bond acceptors (Lipinski definition) is 6. The van der Waals surface area contributed by atoms with E-state index >= 15 is 0 Å². The van der Waals surface area contributed by atoms with Gasteiger partial charge < -0.3 is 26.6 Å². The molecule has 0 aromatic rings. The molecule has 3 aliphatic carbocycles. The standard InChI is InChI=1S/C31H51N5O5S/c1-7-42-17-31(13-9-8-10-14-31)35-28(41)34-24(29(2,3)4)27(40)36-16-19-21(30(19,5)6)22(36)26(39)33-20(15-18-11-12-18)23(37)25(32)38/h18-22,24H,7-17H2,1-6H3,(H2,32,38)(H,33,39)(H2,34,35,41)/t19?,20?,21-,22-,24+/m0/s1. The largest absolute Gasteiger partial charge is 0.363 e. The van der Waals surface area contributed by atoms with E-state index in [9.17, 15) is 24.0 Å². The van der Waals surface area contributed by atoms with Gasteiger partial charge in [-0.2, -0.15) is 11.8 Å². The maximum atomic E-state index is 14.2. The molecular formula is C31H51N5O5S. The van der Waals surface area contributed by atoms with E-state index in [1.165, 1.54) is 0 Å². The molecule has 236 valence electrons. The van der Waals surface area contributed by atoms with E-state index in [2.05, 4.69) is 36.7 Å². The molecule has 5 N–H and O–H groups in total. The first kappa shape index (κ1) is 32.6. The van der Waals surface area contributed by atoms with Gasteiger partial charge in [0.25, 0.3) is 5.91 Å². The summed E-state index contributed by atoms with van der Waals surface area (Å²) in [5.41, 5.74) is 4.26. The fraction of sp³-hybridized carbons (Fsp3) is 0.839. The number of Topliss-reactive ketones (excluding diaryl/α,β-unsaturated/α-hetero) is 1. The van der Waals surface area contributed by atoms with Crippen LogP contribution in [-0.4, -0.2) is 76.2 Å². The summed E-state index contributed by atoms with van der Waals surface area (Å²) in [6.07, 6.45) is 7.39. The Morgan fingerprint density at radius 2 is 1.67 bits per heavy atom. The lowest BCUT2D eigenvalue weighted by molar-refractivity contribution is -0.145. The van der Waals surface area contributed by atoms with E-state index in [4.69, 9.17) is 5.73 Å². The van der Waals surface area contributed by atoms with Gasteiger partial charge in [0, 0.05) is 12.3 Å². The molecule has 1 saturated heterocycles. The minimum absolute atomic E-state index is 0.0715. The van der Waals surface area contributed by atoms with Crippen molar-refractivity contribution < 1.29 is 24.0 Å². The van der Waals surface area contributed by atoms with Gasteiger partial charge in [-0.1, -0.05) is 73.6 Å². The van der Waals surface area contributed by atoms with Crippen molar-refractivity contribution in [2.24, 2.45) is 34.3 Å². The van der Waals surface area contributed by atoms with Gasteiger partial charge >= 0.3 is 6.03 Å². The number of primary amides is 1. The van der Waals surface area contributed by atoms with Gasteiger partial charge in [0.15, 0.2) is 0 Å². The van der Waals surface area contributed by atoms with Crippen LogP contribution in [0.15, 0.2) is 0 Å². The molecule has 1 heterocycles. The SMILES string of the molecule is CCSCC1(NC(=O)N[C@H](C(=O)N2CC3[C@@H]([C@H]2C(=O)NC(CC2CC2)C(=O)C(N)=O)C3(C)C)C(C)(C)C)CCCCC1. The average Bonchev–Trinajstić information content (AvgIpc) is 3.76. The van der Waals surface area contributed by atoms with Crippen molar-refractivity contribution in [1.82, 2.24) is 20.9 Å². The second-order valence-corrected chi connectivity index (χ2v) is 16.0. The fourth-order valence-electron chi connectivity index (χ4n) is 7.21. The molecule has 0 aromatic heterocycles. The molecular weight excluding hydrogens is 554 g/mol. The predicted octanol–water partition coefficient (Wildman–Crippen LogP) is 2.98. The molecule has 10 nitrogen and oxygen atoms in total. The lowest BCUT2D eigenvalue weighted by atomic mass is 9.83. The molecule has 0 bridgehead atoms. The van der Waals surface area contributed by atoms with Gasteiger partial charge in [0.2, 0.25) is 17.6 Å². The quantitative estimate of drug-likeness (QED) is 0.251. The first-order valence-corrected chi connectivity index (χ1v) is 16.9. The zero-order valence-electron chi connectivity index (χ0n) is 26.2. The van der Waals surface area contributed by atoms with Gasteiger partial charge in [-0.15, -0.1) is 0 Å². The van der Waals surface area contributed by atoms with Crippen LogP contribution in [0.2, 0.25) is 0 Å². The second-order valence-electron chi connectivity index (χ2n) is 14.7. The van der Waals surface area contributed by atoms with Gasteiger partial charge in [0.05, 0.1) is 11.6 Å². The molecule has 1 aliphatic heterocycles. The molecule has 4 aliphatic rings. The van der Waals surface area contributed by atoms with Crippen LogP contribution in [0.5, 0.6) is 0 Å². The third-order valence-electron chi connectivity index (χ3n) is 10.1. The highest BCUT2D eigenvalue weighted by molar-refractivity contribution is 7.99. The van der Waals surface area contributed by atoms with Crippen molar-refractivity contribution in [1.29, 1.82) is 0 Å². The Labute approximate surface area is 254 Å².